The molecular weight excluding hydrogens is 489 g/mol. The summed E-state index contributed by atoms with van der Waals surface area (Å²) in [7, 11) is 0. The predicted octanol–water partition coefficient (Wildman–Crippen LogP) is 5.00. The van der Waals surface area contributed by atoms with Gasteiger partial charge >= 0.3 is 0 Å². The van der Waals surface area contributed by atoms with Gasteiger partial charge in [-0.1, -0.05) is 54.6 Å². The first-order chi connectivity index (χ1) is 17.5. The zero-order chi connectivity index (χ0) is 26.2. The van der Waals surface area contributed by atoms with Gasteiger partial charge in [0, 0.05) is 22.1 Å². The van der Waals surface area contributed by atoms with E-state index in [1.165, 1.54) is 23.9 Å². The molecule has 0 amide bonds. The molecule has 194 valence electrons. The SMILES string of the molecule is CC12C[C@H](O)[C@@]3(F)C(CCC4=CC(=O)C=CC43C)C1CC[C@]2(O)C(=O)CSc1ccc2ccccc2n1. The van der Waals surface area contributed by atoms with E-state index in [2.05, 4.69) is 4.98 Å². The van der Waals surface area contributed by atoms with Crippen LogP contribution in [0.3, 0.4) is 0 Å². The molecule has 2 aromatic rings. The van der Waals surface area contributed by atoms with Crippen LogP contribution in [0.4, 0.5) is 4.39 Å². The summed E-state index contributed by atoms with van der Waals surface area (Å²) >= 11 is 1.30. The van der Waals surface area contributed by atoms with Crippen molar-refractivity contribution in [1.29, 1.82) is 0 Å². The number of rotatable bonds is 4. The number of hydrogen-bond donors (Lipinski definition) is 2. The molecule has 4 unspecified atom stereocenters. The van der Waals surface area contributed by atoms with Crippen molar-refractivity contribution in [3.8, 4) is 0 Å². The van der Waals surface area contributed by atoms with E-state index in [0.29, 0.717) is 24.3 Å². The molecule has 6 rings (SSSR count). The van der Waals surface area contributed by atoms with Crippen LogP contribution in [0.15, 0.2) is 65.2 Å². The Morgan fingerprint density at radius 1 is 1.16 bits per heavy atom. The van der Waals surface area contributed by atoms with Crippen LogP contribution in [0.2, 0.25) is 0 Å². The number of pyridine rings is 1. The molecular formula is C30H32FNO4S. The highest BCUT2D eigenvalue weighted by Gasteiger charge is 2.74. The fourth-order valence-electron chi connectivity index (χ4n) is 8.06. The maximum absolute atomic E-state index is 17.2. The first-order valence-electron chi connectivity index (χ1n) is 13.1. The number of alkyl halides is 1. The molecule has 1 aromatic heterocycles. The highest BCUT2D eigenvalue weighted by Crippen LogP contribution is 2.69. The molecule has 37 heavy (non-hydrogen) atoms. The molecule has 0 radical (unpaired) electrons. The molecule has 1 aromatic carbocycles. The van der Waals surface area contributed by atoms with E-state index in [1.807, 2.05) is 43.3 Å². The molecule has 7 atom stereocenters. The number of ketones is 2. The lowest BCUT2D eigenvalue weighted by molar-refractivity contribution is -0.216. The number of fused-ring (bicyclic) bond motifs is 6. The third-order valence-electron chi connectivity index (χ3n) is 10.2. The lowest BCUT2D eigenvalue weighted by Gasteiger charge is -2.62. The van der Waals surface area contributed by atoms with Gasteiger partial charge in [-0.2, -0.15) is 0 Å². The van der Waals surface area contributed by atoms with Gasteiger partial charge < -0.3 is 10.2 Å². The van der Waals surface area contributed by atoms with Gasteiger partial charge in [0.2, 0.25) is 0 Å². The van der Waals surface area contributed by atoms with E-state index >= 15 is 4.39 Å². The quantitative estimate of drug-likeness (QED) is 0.551. The van der Waals surface area contributed by atoms with Crippen LogP contribution >= 0.6 is 11.8 Å². The number of carbonyl (C=O) groups is 2. The number of aliphatic hydroxyl groups is 2. The molecule has 4 aliphatic carbocycles. The number of nitrogens with zero attached hydrogens (tertiary/aromatic N) is 1. The highest BCUT2D eigenvalue weighted by molar-refractivity contribution is 7.99. The molecule has 3 saturated carbocycles. The van der Waals surface area contributed by atoms with Crippen LogP contribution in [0.5, 0.6) is 0 Å². The number of thioether (sulfide) groups is 1. The maximum atomic E-state index is 17.2. The summed E-state index contributed by atoms with van der Waals surface area (Å²) in [5.41, 5.74) is -4.04. The number of carbonyl (C=O) groups excluding carboxylic acids is 2. The zero-order valence-electron chi connectivity index (χ0n) is 21.1. The Balaban J connectivity index is 1.27. The van der Waals surface area contributed by atoms with E-state index in [-0.39, 0.29) is 36.1 Å². The number of aliphatic hydroxyl groups excluding tert-OH is 1. The van der Waals surface area contributed by atoms with Crippen LogP contribution in [-0.4, -0.2) is 49.9 Å². The highest BCUT2D eigenvalue weighted by atomic mass is 32.2. The molecule has 0 aliphatic heterocycles. The van der Waals surface area contributed by atoms with Crippen molar-refractivity contribution in [3.05, 3.63) is 60.2 Å². The van der Waals surface area contributed by atoms with E-state index in [0.717, 1.165) is 16.5 Å². The number of Topliss-reactive ketones (excluding diaryl/α,β-unsaturated/α-hetero) is 1. The number of para-hydroxylation sites is 1. The Labute approximate surface area is 220 Å². The largest absolute Gasteiger partial charge is 0.390 e. The van der Waals surface area contributed by atoms with E-state index in [1.54, 1.807) is 13.0 Å². The van der Waals surface area contributed by atoms with Crippen LogP contribution in [0.1, 0.15) is 46.0 Å². The van der Waals surface area contributed by atoms with Gasteiger partial charge in [0.1, 0.15) is 5.60 Å². The minimum Gasteiger partial charge on any atom is -0.390 e. The van der Waals surface area contributed by atoms with Gasteiger partial charge in [-0.15, -0.1) is 0 Å². The van der Waals surface area contributed by atoms with Gasteiger partial charge in [0.15, 0.2) is 17.2 Å². The first-order valence-corrected chi connectivity index (χ1v) is 14.1. The van der Waals surface area contributed by atoms with Gasteiger partial charge in [-0.05, 0) is 69.2 Å². The summed E-state index contributed by atoms with van der Waals surface area (Å²) in [6, 6.07) is 11.6. The predicted molar refractivity (Wildman–Crippen MR) is 141 cm³/mol. The number of halogens is 1. The third kappa shape index (κ3) is 3.33. The van der Waals surface area contributed by atoms with Crippen molar-refractivity contribution in [2.45, 2.75) is 68.4 Å². The molecule has 0 spiro atoms. The molecule has 5 nitrogen and oxygen atoms in total. The van der Waals surface area contributed by atoms with Crippen molar-refractivity contribution >= 4 is 34.2 Å². The van der Waals surface area contributed by atoms with Crippen molar-refractivity contribution in [1.82, 2.24) is 4.98 Å². The van der Waals surface area contributed by atoms with Crippen molar-refractivity contribution in [2.75, 3.05) is 5.75 Å². The summed E-state index contributed by atoms with van der Waals surface area (Å²) in [6.45, 7) is 3.64. The van der Waals surface area contributed by atoms with Gasteiger partial charge in [-0.25, -0.2) is 9.37 Å². The molecule has 0 bridgehead atoms. The number of hydrogen-bond acceptors (Lipinski definition) is 6. The van der Waals surface area contributed by atoms with Gasteiger partial charge in [0.05, 0.1) is 22.4 Å². The second-order valence-corrected chi connectivity index (χ2v) is 12.7. The topological polar surface area (TPSA) is 87.5 Å². The third-order valence-corrected chi connectivity index (χ3v) is 11.1. The molecule has 0 saturated heterocycles. The molecule has 1 heterocycles. The van der Waals surface area contributed by atoms with Crippen molar-refractivity contribution in [2.24, 2.45) is 22.7 Å². The summed E-state index contributed by atoms with van der Waals surface area (Å²) in [5.74, 6) is -1.15. The number of aromatic nitrogens is 1. The van der Waals surface area contributed by atoms with Crippen LogP contribution < -0.4 is 0 Å². The Bertz CT molecular complexity index is 1370. The lowest BCUT2D eigenvalue weighted by atomic mass is 9.44. The van der Waals surface area contributed by atoms with Crippen molar-refractivity contribution < 1.29 is 24.2 Å². The smallest absolute Gasteiger partial charge is 0.178 e. The van der Waals surface area contributed by atoms with Gasteiger partial charge in [-0.3, -0.25) is 9.59 Å². The Morgan fingerprint density at radius 3 is 2.76 bits per heavy atom. The fourth-order valence-corrected chi connectivity index (χ4v) is 8.90. The van der Waals surface area contributed by atoms with Crippen LogP contribution in [0, 0.1) is 22.7 Å². The summed E-state index contributed by atoms with van der Waals surface area (Å²) in [4.78, 5) is 30.2. The van der Waals surface area contributed by atoms with Crippen LogP contribution in [-0.2, 0) is 9.59 Å². The average Bonchev–Trinajstić information content (AvgIpc) is 3.15. The van der Waals surface area contributed by atoms with Gasteiger partial charge in [0.25, 0.3) is 0 Å². The van der Waals surface area contributed by atoms with E-state index < -0.39 is 34.1 Å². The first kappa shape index (κ1) is 25.0. The molecule has 2 N–H and O–H groups in total. The Morgan fingerprint density at radius 2 is 1.95 bits per heavy atom. The lowest BCUT2D eigenvalue weighted by Crippen LogP contribution is -2.69. The second-order valence-electron chi connectivity index (χ2n) is 11.7. The summed E-state index contributed by atoms with van der Waals surface area (Å²) in [5, 5.41) is 25.0. The van der Waals surface area contributed by atoms with Crippen LogP contribution in [0.25, 0.3) is 10.9 Å². The minimum absolute atomic E-state index is 0.00352. The number of allylic oxidation sites excluding steroid dienone is 4. The minimum atomic E-state index is -1.96. The van der Waals surface area contributed by atoms with E-state index in [4.69, 9.17) is 0 Å². The monoisotopic (exact) mass is 521 g/mol. The summed E-state index contributed by atoms with van der Waals surface area (Å²) in [6.07, 6.45) is 5.01. The van der Waals surface area contributed by atoms with E-state index in [9.17, 15) is 19.8 Å². The number of benzene rings is 1. The molecule has 3 fully saturated rings. The Hall–Kier alpha value is -2.35. The molecule has 7 heteroatoms. The zero-order valence-corrected chi connectivity index (χ0v) is 21.9. The second kappa shape index (κ2) is 8.32. The maximum Gasteiger partial charge on any atom is 0.178 e. The summed E-state index contributed by atoms with van der Waals surface area (Å²) < 4.78 is 17.2. The van der Waals surface area contributed by atoms with Crippen molar-refractivity contribution in [3.63, 3.8) is 0 Å². The standard InChI is InChI=1S/C30H32FNO4S/c1-27-13-11-20(33)15-19(27)8-9-22-21-12-14-29(36,28(21,2)16-24(34)30(22,27)31)25(35)17-37-26-10-7-18-5-3-4-6-23(18)32-26/h3-7,10-11,13,15,21-22,24,34,36H,8-9,12,14,16-17H2,1-2H3/t21?,22?,24-,27?,28?,29-,30-/m0/s1. The Kier molecular flexibility index (Phi) is 5.61. The molecule has 4 aliphatic rings. The fraction of sp³-hybridized carbons (Fsp3) is 0.500. The average molecular weight is 522 g/mol. The normalized spacial score (nSPS) is 40.6.